The largest absolute Gasteiger partial charge is 0.497 e. The molecule has 0 unspecified atom stereocenters. The average molecular weight is 340 g/mol. The van der Waals surface area contributed by atoms with Crippen LogP contribution in [0.1, 0.15) is 18.1 Å². The molecule has 25 heavy (non-hydrogen) atoms. The van der Waals surface area contributed by atoms with E-state index in [0.717, 1.165) is 34.1 Å². The van der Waals surface area contributed by atoms with Gasteiger partial charge in [-0.05, 0) is 42.8 Å². The molecule has 2 aromatic carbocycles. The molecular weight excluding hydrogens is 316 g/mol. The van der Waals surface area contributed by atoms with Crippen LogP contribution < -0.4 is 18.9 Å². The first-order valence-corrected chi connectivity index (χ1v) is 8.09. The van der Waals surface area contributed by atoms with Gasteiger partial charge in [-0.15, -0.1) is 0 Å². The van der Waals surface area contributed by atoms with Crippen molar-refractivity contribution >= 4 is 12.2 Å². The Balaban J connectivity index is 2.14. The SMILES string of the molecule is CCOc1ccc(C=CC=Cc2cc(OC)ccc2OC)cc1OC. The smallest absolute Gasteiger partial charge is 0.161 e. The topological polar surface area (TPSA) is 36.9 Å². The van der Waals surface area contributed by atoms with Crippen molar-refractivity contribution in [2.45, 2.75) is 6.92 Å². The fourth-order valence-electron chi connectivity index (χ4n) is 2.36. The molecule has 0 aliphatic heterocycles. The monoisotopic (exact) mass is 340 g/mol. The van der Waals surface area contributed by atoms with Gasteiger partial charge in [-0.25, -0.2) is 0 Å². The Morgan fingerprint density at radius 2 is 1.48 bits per heavy atom. The summed E-state index contributed by atoms with van der Waals surface area (Å²) in [5.41, 5.74) is 1.98. The van der Waals surface area contributed by atoms with Gasteiger partial charge in [-0.3, -0.25) is 0 Å². The number of hydrogen-bond acceptors (Lipinski definition) is 4. The highest BCUT2D eigenvalue weighted by atomic mass is 16.5. The highest BCUT2D eigenvalue weighted by Crippen LogP contribution is 2.28. The van der Waals surface area contributed by atoms with Gasteiger partial charge >= 0.3 is 0 Å². The van der Waals surface area contributed by atoms with Crippen LogP contribution >= 0.6 is 0 Å². The van der Waals surface area contributed by atoms with Crippen LogP contribution in [-0.2, 0) is 0 Å². The minimum absolute atomic E-state index is 0.608. The molecule has 0 fully saturated rings. The molecule has 4 nitrogen and oxygen atoms in total. The van der Waals surface area contributed by atoms with Gasteiger partial charge in [0.25, 0.3) is 0 Å². The molecule has 0 amide bonds. The quantitative estimate of drug-likeness (QED) is 0.645. The molecular formula is C21H24O4. The van der Waals surface area contributed by atoms with Gasteiger partial charge in [-0.1, -0.05) is 30.4 Å². The molecule has 2 aromatic rings. The van der Waals surface area contributed by atoms with E-state index >= 15 is 0 Å². The maximum atomic E-state index is 5.52. The molecule has 0 aromatic heterocycles. The van der Waals surface area contributed by atoms with Gasteiger partial charge in [-0.2, -0.15) is 0 Å². The zero-order valence-electron chi connectivity index (χ0n) is 15.1. The van der Waals surface area contributed by atoms with Crippen molar-refractivity contribution in [2.75, 3.05) is 27.9 Å². The van der Waals surface area contributed by atoms with Crippen molar-refractivity contribution in [3.8, 4) is 23.0 Å². The van der Waals surface area contributed by atoms with Crippen LogP contribution in [0.15, 0.2) is 48.6 Å². The molecule has 132 valence electrons. The van der Waals surface area contributed by atoms with Crippen molar-refractivity contribution in [3.05, 3.63) is 59.7 Å². The van der Waals surface area contributed by atoms with Gasteiger partial charge in [0.05, 0.1) is 27.9 Å². The Kier molecular flexibility index (Phi) is 6.96. The summed E-state index contributed by atoms with van der Waals surface area (Å²) < 4.78 is 21.5. The van der Waals surface area contributed by atoms with E-state index in [-0.39, 0.29) is 0 Å². The second kappa shape index (κ2) is 9.42. The molecule has 0 aliphatic rings. The van der Waals surface area contributed by atoms with Gasteiger partial charge in [0, 0.05) is 5.56 Å². The van der Waals surface area contributed by atoms with Crippen molar-refractivity contribution in [1.82, 2.24) is 0 Å². The predicted molar refractivity (Wildman–Crippen MR) is 102 cm³/mol. The van der Waals surface area contributed by atoms with E-state index in [2.05, 4.69) is 0 Å². The Hall–Kier alpha value is -2.88. The Labute approximate surface area is 149 Å². The molecule has 0 saturated carbocycles. The second-order valence-corrected chi connectivity index (χ2v) is 5.17. The number of hydrogen-bond donors (Lipinski definition) is 0. The fourth-order valence-corrected chi connectivity index (χ4v) is 2.36. The zero-order valence-corrected chi connectivity index (χ0v) is 15.1. The molecule has 0 saturated heterocycles. The highest BCUT2D eigenvalue weighted by Gasteiger charge is 2.03. The minimum atomic E-state index is 0.608. The van der Waals surface area contributed by atoms with Gasteiger partial charge in [0.2, 0.25) is 0 Å². The van der Waals surface area contributed by atoms with Crippen LogP contribution in [0.2, 0.25) is 0 Å². The fraction of sp³-hybridized carbons (Fsp3) is 0.238. The number of rotatable bonds is 8. The first kappa shape index (κ1) is 18.5. The lowest BCUT2D eigenvalue weighted by Gasteiger charge is -2.09. The number of ether oxygens (including phenoxy) is 4. The summed E-state index contributed by atoms with van der Waals surface area (Å²) in [6.07, 6.45) is 7.90. The summed E-state index contributed by atoms with van der Waals surface area (Å²) in [6.45, 7) is 2.56. The van der Waals surface area contributed by atoms with Gasteiger partial charge in [0.15, 0.2) is 11.5 Å². The van der Waals surface area contributed by atoms with Crippen molar-refractivity contribution in [1.29, 1.82) is 0 Å². The maximum Gasteiger partial charge on any atom is 0.161 e. The Morgan fingerprint density at radius 1 is 0.760 bits per heavy atom. The van der Waals surface area contributed by atoms with Crippen LogP contribution in [0, 0.1) is 0 Å². The zero-order chi connectivity index (χ0) is 18.1. The minimum Gasteiger partial charge on any atom is -0.497 e. The van der Waals surface area contributed by atoms with E-state index in [0.29, 0.717) is 6.61 Å². The lowest BCUT2D eigenvalue weighted by molar-refractivity contribution is 0.311. The summed E-state index contributed by atoms with van der Waals surface area (Å²) >= 11 is 0. The average Bonchev–Trinajstić information content (AvgIpc) is 2.66. The van der Waals surface area contributed by atoms with E-state index < -0.39 is 0 Å². The van der Waals surface area contributed by atoms with E-state index in [1.165, 1.54) is 0 Å². The van der Waals surface area contributed by atoms with E-state index in [4.69, 9.17) is 18.9 Å². The van der Waals surface area contributed by atoms with Crippen molar-refractivity contribution in [3.63, 3.8) is 0 Å². The molecule has 4 heteroatoms. The van der Waals surface area contributed by atoms with Crippen LogP contribution in [0.5, 0.6) is 23.0 Å². The van der Waals surface area contributed by atoms with Crippen LogP contribution in [-0.4, -0.2) is 27.9 Å². The third-order valence-electron chi connectivity index (χ3n) is 3.60. The van der Waals surface area contributed by atoms with Crippen LogP contribution in [0.4, 0.5) is 0 Å². The standard InChI is InChI=1S/C21H24O4/c1-5-25-20-12-10-16(14-21(20)24-4)8-6-7-9-17-15-18(22-2)11-13-19(17)23-3/h6-15H,5H2,1-4H3. The first-order chi connectivity index (χ1) is 12.2. The number of benzene rings is 2. The molecule has 0 spiro atoms. The molecule has 0 aliphatic carbocycles. The third-order valence-corrected chi connectivity index (χ3v) is 3.60. The molecule has 0 N–H and O–H groups in total. The van der Waals surface area contributed by atoms with Gasteiger partial charge in [0.1, 0.15) is 11.5 Å². The molecule has 0 radical (unpaired) electrons. The second-order valence-electron chi connectivity index (χ2n) is 5.17. The summed E-state index contributed by atoms with van der Waals surface area (Å²) in [4.78, 5) is 0. The number of allylic oxidation sites excluding steroid dienone is 2. The summed E-state index contributed by atoms with van der Waals surface area (Å²) in [6, 6.07) is 11.5. The molecule has 0 heterocycles. The lowest BCUT2D eigenvalue weighted by atomic mass is 10.1. The summed E-state index contributed by atoms with van der Waals surface area (Å²) in [7, 11) is 4.94. The first-order valence-electron chi connectivity index (χ1n) is 8.09. The lowest BCUT2D eigenvalue weighted by Crippen LogP contribution is -1.95. The van der Waals surface area contributed by atoms with Crippen molar-refractivity contribution in [2.24, 2.45) is 0 Å². The molecule has 0 atom stereocenters. The van der Waals surface area contributed by atoms with Crippen LogP contribution in [0.3, 0.4) is 0 Å². The molecule has 0 bridgehead atoms. The Morgan fingerprint density at radius 3 is 2.16 bits per heavy atom. The predicted octanol–water partition coefficient (Wildman–Crippen LogP) is 4.84. The number of methoxy groups -OCH3 is 3. The van der Waals surface area contributed by atoms with Crippen LogP contribution in [0.25, 0.3) is 12.2 Å². The highest BCUT2D eigenvalue weighted by molar-refractivity contribution is 5.63. The normalized spacial score (nSPS) is 11.0. The van der Waals surface area contributed by atoms with E-state index in [9.17, 15) is 0 Å². The van der Waals surface area contributed by atoms with E-state index in [1.54, 1.807) is 21.3 Å². The molecule has 2 rings (SSSR count). The third kappa shape index (κ3) is 5.05. The summed E-state index contributed by atoms with van der Waals surface area (Å²) in [5.74, 6) is 3.06. The maximum absolute atomic E-state index is 5.52. The van der Waals surface area contributed by atoms with E-state index in [1.807, 2.05) is 67.6 Å². The van der Waals surface area contributed by atoms with Crippen molar-refractivity contribution < 1.29 is 18.9 Å². The van der Waals surface area contributed by atoms with Gasteiger partial charge < -0.3 is 18.9 Å². The Bertz CT molecular complexity index is 748. The summed E-state index contributed by atoms with van der Waals surface area (Å²) in [5, 5.41) is 0.